The summed E-state index contributed by atoms with van der Waals surface area (Å²) >= 11 is 25.9. The third-order valence-corrected chi connectivity index (χ3v) is 10.4. The number of amides is 2. The van der Waals surface area contributed by atoms with Gasteiger partial charge in [-0.1, -0.05) is 107 Å². The number of sulfonamides is 1. The van der Waals surface area contributed by atoms with Crippen molar-refractivity contribution in [3.63, 3.8) is 0 Å². The van der Waals surface area contributed by atoms with Gasteiger partial charge in [0.1, 0.15) is 12.6 Å². The third-order valence-electron chi connectivity index (χ3n) is 7.10. The number of aryl methyl sites for hydroxylation is 1. The Hall–Kier alpha value is -3.27. The molecule has 0 aliphatic carbocycles. The molecule has 0 aliphatic heterocycles. The topological polar surface area (TPSA) is 86.8 Å². The summed E-state index contributed by atoms with van der Waals surface area (Å²) in [7, 11) is -4.35. The van der Waals surface area contributed by atoms with E-state index in [9.17, 15) is 18.0 Å². The van der Waals surface area contributed by atoms with Gasteiger partial charge >= 0.3 is 0 Å². The van der Waals surface area contributed by atoms with Crippen LogP contribution in [0.15, 0.2) is 95.9 Å². The zero-order valence-electron chi connectivity index (χ0n) is 24.5. The smallest absolute Gasteiger partial charge is 0.264 e. The zero-order valence-corrected chi connectivity index (χ0v) is 28.4. The normalized spacial score (nSPS) is 12.0. The number of hydrogen-bond donors (Lipinski definition) is 1. The van der Waals surface area contributed by atoms with Crippen LogP contribution in [0.5, 0.6) is 0 Å². The number of likely N-dealkylation sites (N-methyl/N-ethyl adjacent to an activating group) is 1. The van der Waals surface area contributed by atoms with Gasteiger partial charge in [-0.2, -0.15) is 0 Å². The Labute approximate surface area is 283 Å². The van der Waals surface area contributed by atoms with Gasteiger partial charge in [-0.25, -0.2) is 8.42 Å². The Balaban J connectivity index is 1.86. The molecule has 0 radical (unpaired) electrons. The van der Waals surface area contributed by atoms with Gasteiger partial charge in [0.15, 0.2) is 0 Å². The minimum Gasteiger partial charge on any atom is -0.355 e. The average Bonchev–Trinajstić information content (AvgIpc) is 3.01. The number of hydrogen-bond acceptors (Lipinski definition) is 4. The zero-order chi connectivity index (χ0) is 32.7. The Kier molecular flexibility index (Phi) is 11.8. The van der Waals surface area contributed by atoms with E-state index in [1.165, 1.54) is 29.2 Å². The summed E-state index contributed by atoms with van der Waals surface area (Å²) in [4.78, 5) is 29.4. The van der Waals surface area contributed by atoms with Crippen LogP contribution in [-0.2, 0) is 32.6 Å². The summed E-state index contributed by atoms with van der Waals surface area (Å²) in [5.41, 5.74) is 2.06. The second kappa shape index (κ2) is 15.3. The lowest BCUT2D eigenvalue weighted by atomic mass is 10.0. The molecule has 0 aromatic heterocycles. The van der Waals surface area contributed by atoms with E-state index < -0.39 is 34.4 Å². The summed E-state index contributed by atoms with van der Waals surface area (Å²) in [5.74, 6) is -1.11. The first-order valence-corrected chi connectivity index (χ1v) is 17.0. The number of benzene rings is 4. The maximum absolute atomic E-state index is 14.5. The molecule has 2 amide bonds. The number of halogens is 4. The van der Waals surface area contributed by atoms with Crippen LogP contribution in [0, 0.1) is 6.92 Å². The Morgan fingerprint density at radius 2 is 1.40 bits per heavy atom. The minimum absolute atomic E-state index is 0.00596. The summed E-state index contributed by atoms with van der Waals surface area (Å²) < 4.78 is 29.2. The van der Waals surface area contributed by atoms with Crippen molar-refractivity contribution >= 4 is 73.9 Å². The molecule has 0 fully saturated rings. The number of nitrogens with one attached hydrogen (secondary N) is 1. The number of nitrogens with zero attached hydrogens (tertiary/aromatic N) is 2. The highest BCUT2D eigenvalue weighted by molar-refractivity contribution is 7.92. The first-order chi connectivity index (χ1) is 21.4. The Bertz CT molecular complexity index is 1750. The molecule has 0 aliphatic rings. The number of anilines is 1. The Morgan fingerprint density at radius 3 is 2.02 bits per heavy atom. The highest BCUT2D eigenvalue weighted by atomic mass is 35.5. The van der Waals surface area contributed by atoms with Gasteiger partial charge in [0.25, 0.3) is 10.0 Å². The largest absolute Gasteiger partial charge is 0.355 e. The van der Waals surface area contributed by atoms with Crippen molar-refractivity contribution in [2.75, 3.05) is 17.4 Å². The summed E-state index contributed by atoms with van der Waals surface area (Å²) in [6.45, 7) is 3.03. The fourth-order valence-electron chi connectivity index (χ4n) is 4.74. The SMILES string of the molecule is CCNC(=O)C(Cc1ccccc1)N(Cc1c(Cl)cccc1Cl)C(=O)CN(c1cccc(Cl)c1Cl)S(=O)(=O)c1ccc(C)cc1. The molecule has 1 N–H and O–H groups in total. The first kappa shape index (κ1) is 34.6. The van der Waals surface area contributed by atoms with E-state index in [-0.39, 0.29) is 43.6 Å². The predicted molar refractivity (Wildman–Crippen MR) is 182 cm³/mol. The molecule has 4 aromatic rings. The first-order valence-electron chi connectivity index (χ1n) is 14.0. The molecule has 4 rings (SSSR count). The van der Waals surface area contributed by atoms with E-state index in [2.05, 4.69) is 5.32 Å². The van der Waals surface area contributed by atoms with Crippen molar-refractivity contribution in [1.82, 2.24) is 10.2 Å². The van der Waals surface area contributed by atoms with E-state index in [1.807, 2.05) is 37.3 Å². The maximum Gasteiger partial charge on any atom is 0.264 e. The highest BCUT2D eigenvalue weighted by Crippen LogP contribution is 2.36. The lowest BCUT2D eigenvalue weighted by Gasteiger charge is -2.34. The summed E-state index contributed by atoms with van der Waals surface area (Å²) in [6, 6.07) is 23.8. The van der Waals surface area contributed by atoms with Crippen LogP contribution in [0.2, 0.25) is 20.1 Å². The number of carbonyl (C=O) groups is 2. The van der Waals surface area contributed by atoms with E-state index in [1.54, 1.807) is 43.3 Å². The molecule has 7 nitrogen and oxygen atoms in total. The predicted octanol–water partition coefficient (Wildman–Crippen LogP) is 7.58. The second-order valence-electron chi connectivity index (χ2n) is 10.2. The van der Waals surface area contributed by atoms with Crippen LogP contribution in [0.25, 0.3) is 0 Å². The maximum atomic E-state index is 14.5. The number of rotatable bonds is 12. The lowest BCUT2D eigenvalue weighted by molar-refractivity contribution is -0.140. The molecule has 0 saturated heterocycles. The molecular formula is C33H31Cl4N3O4S. The van der Waals surface area contributed by atoms with Gasteiger partial charge in [-0.15, -0.1) is 0 Å². The van der Waals surface area contributed by atoms with Crippen LogP contribution >= 0.6 is 46.4 Å². The Morgan fingerprint density at radius 1 is 0.800 bits per heavy atom. The van der Waals surface area contributed by atoms with Crippen LogP contribution in [0.3, 0.4) is 0 Å². The average molecular weight is 708 g/mol. The minimum atomic E-state index is -4.35. The molecule has 45 heavy (non-hydrogen) atoms. The van der Waals surface area contributed by atoms with Crippen molar-refractivity contribution in [2.45, 2.75) is 37.8 Å². The molecule has 0 heterocycles. The second-order valence-corrected chi connectivity index (χ2v) is 13.7. The molecule has 4 aromatic carbocycles. The van der Waals surface area contributed by atoms with Gasteiger partial charge in [0, 0.05) is 35.1 Å². The third kappa shape index (κ3) is 8.31. The van der Waals surface area contributed by atoms with Crippen molar-refractivity contribution < 1.29 is 18.0 Å². The quantitative estimate of drug-likeness (QED) is 0.165. The van der Waals surface area contributed by atoms with Gasteiger partial charge in [0.2, 0.25) is 11.8 Å². The molecule has 0 spiro atoms. The van der Waals surface area contributed by atoms with E-state index in [0.29, 0.717) is 12.1 Å². The van der Waals surface area contributed by atoms with Crippen LogP contribution in [-0.4, -0.2) is 44.3 Å². The van der Waals surface area contributed by atoms with Crippen LogP contribution < -0.4 is 9.62 Å². The van der Waals surface area contributed by atoms with Crippen molar-refractivity contribution in [3.8, 4) is 0 Å². The summed E-state index contributed by atoms with van der Waals surface area (Å²) in [5, 5.41) is 3.45. The summed E-state index contributed by atoms with van der Waals surface area (Å²) in [6.07, 6.45) is 0.142. The molecule has 0 saturated carbocycles. The monoisotopic (exact) mass is 705 g/mol. The molecule has 1 unspecified atom stereocenters. The molecular weight excluding hydrogens is 676 g/mol. The molecule has 236 valence electrons. The van der Waals surface area contributed by atoms with E-state index >= 15 is 0 Å². The highest BCUT2D eigenvalue weighted by Gasteiger charge is 2.36. The fourth-order valence-corrected chi connectivity index (χ4v) is 7.13. The van der Waals surface area contributed by atoms with Gasteiger partial charge in [-0.3, -0.25) is 13.9 Å². The van der Waals surface area contributed by atoms with Crippen LogP contribution in [0.1, 0.15) is 23.6 Å². The molecule has 12 heteroatoms. The molecule has 1 atom stereocenters. The van der Waals surface area contributed by atoms with Gasteiger partial charge in [0.05, 0.1) is 20.6 Å². The van der Waals surface area contributed by atoms with E-state index in [0.717, 1.165) is 15.4 Å². The lowest BCUT2D eigenvalue weighted by Crippen LogP contribution is -2.53. The van der Waals surface area contributed by atoms with E-state index in [4.69, 9.17) is 46.4 Å². The van der Waals surface area contributed by atoms with Gasteiger partial charge in [-0.05, 0) is 55.8 Å². The fraction of sp³-hybridized carbons (Fsp3) is 0.212. The van der Waals surface area contributed by atoms with Crippen molar-refractivity contribution in [1.29, 1.82) is 0 Å². The van der Waals surface area contributed by atoms with Crippen LogP contribution in [0.4, 0.5) is 5.69 Å². The van der Waals surface area contributed by atoms with Crippen molar-refractivity contribution in [2.24, 2.45) is 0 Å². The molecule has 0 bridgehead atoms. The van der Waals surface area contributed by atoms with Crippen molar-refractivity contribution in [3.05, 3.63) is 128 Å². The van der Waals surface area contributed by atoms with Gasteiger partial charge < -0.3 is 10.2 Å². The number of carbonyl (C=O) groups excluding carboxylic acids is 2. The standard InChI is InChI=1S/C33H31Cl4N3O4S/c1-3-38-33(42)30(19-23-9-5-4-6-10-23)39(20-25-26(34)11-7-12-27(25)35)31(41)21-40(29-14-8-13-28(36)32(29)37)45(43,44)24-17-15-22(2)16-18-24/h4-18,30H,3,19-21H2,1-2H3,(H,38,42).